The number of hydrogen-bond donors (Lipinski definition) is 1. The first-order valence-corrected chi connectivity index (χ1v) is 8.53. The van der Waals surface area contributed by atoms with Crippen molar-refractivity contribution in [3.05, 3.63) is 84.4 Å². The highest BCUT2D eigenvalue weighted by atomic mass is 16.5. The molecule has 0 aliphatic rings. The normalized spacial score (nSPS) is 10.7. The molecule has 0 aliphatic heterocycles. The largest absolute Gasteiger partial charge is 0.497 e. The average molecular weight is 341 g/mol. The standard InChI is InChI=1S/C22H19N3O/c1-26-18-13-11-17(12-14-18)21-19-9-5-6-10-20(19)22(25-24-21)23-15-16-7-3-2-4-8-16/h2-14H,15H2,1H3,(H,23,25). The maximum Gasteiger partial charge on any atom is 0.156 e. The third-order valence-electron chi connectivity index (χ3n) is 4.35. The molecule has 4 heteroatoms. The molecule has 0 atom stereocenters. The van der Waals surface area contributed by atoms with Gasteiger partial charge in [-0.25, -0.2) is 0 Å². The van der Waals surface area contributed by atoms with Crippen LogP contribution in [0.2, 0.25) is 0 Å². The second kappa shape index (κ2) is 7.23. The van der Waals surface area contributed by atoms with Gasteiger partial charge in [-0.05, 0) is 29.8 Å². The van der Waals surface area contributed by atoms with Gasteiger partial charge in [0.1, 0.15) is 11.4 Å². The Morgan fingerprint density at radius 2 is 1.46 bits per heavy atom. The van der Waals surface area contributed by atoms with E-state index in [2.05, 4.69) is 39.8 Å². The van der Waals surface area contributed by atoms with E-state index < -0.39 is 0 Å². The molecule has 0 amide bonds. The van der Waals surface area contributed by atoms with Crippen molar-refractivity contribution in [2.45, 2.75) is 6.54 Å². The predicted molar refractivity (Wildman–Crippen MR) is 105 cm³/mol. The van der Waals surface area contributed by atoms with Crippen LogP contribution in [-0.4, -0.2) is 17.3 Å². The first kappa shape index (κ1) is 16.1. The van der Waals surface area contributed by atoms with Gasteiger partial charge in [0.25, 0.3) is 0 Å². The van der Waals surface area contributed by atoms with Crippen LogP contribution < -0.4 is 10.1 Å². The topological polar surface area (TPSA) is 47.0 Å². The Morgan fingerprint density at radius 1 is 0.769 bits per heavy atom. The number of fused-ring (bicyclic) bond motifs is 1. The summed E-state index contributed by atoms with van der Waals surface area (Å²) in [5.41, 5.74) is 3.09. The Morgan fingerprint density at radius 3 is 2.19 bits per heavy atom. The highest BCUT2D eigenvalue weighted by Gasteiger charge is 2.10. The summed E-state index contributed by atoms with van der Waals surface area (Å²) in [4.78, 5) is 0. The molecule has 0 fully saturated rings. The lowest BCUT2D eigenvalue weighted by Gasteiger charge is -2.11. The van der Waals surface area contributed by atoms with Crippen molar-refractivity contribution in [3.8, 4) is 17.0 Å². The van der Waals surface area contributed by atoms with Crippen LogP contribution in [0.4, 0.5) is 5.82 Å². The van der Waals surface area contributed by atoms with Crippen LogP contribution in [0, 0.1) is 0 Å². The van der Waals surface area contributed by atoms with Crippen molar-refractivity contribution in [2.75, 3.05) is 12.4 Å². The third-order valence-corrected chi connectivity index (χ3v) is 4.35. The number of nitrogens with one attached hydrogen (secondary N) is 1. The summed E-state index contributed by atoms with van der Waals surface area (Å²) in [7, 11) is 1.66. The second-order valence-corrected chi connectivity index (χ2v) is 6.01. The van der Waals surface area contributed by atoms with Crippen LogP contribution in [0.3, 0.4) is 0 Å². The molecule has 3 aromatic carbocycles. The Bertz CT molecular complexity index is 1010. The summed E-state index contributed by atoms with van der Waals surface area (Å²) in [5.74, 6) is 1.62. The lowest BCUT2D eigenvalue weighted by Crippen LogP contribution is -2.04. The van der Waals surface area contributed by atoms with Crippen molar-refractivity contribution in [1.82, 2.24) is 10.2 Å². The quantitative estimate of drug-likeness (QED) is 0.560. The van der Waals surface area contributed by atoms with Crippen LogP contribution in [0.25, 0.3) is 22.0 Å². The fraction of sp³-hybridized carbons (Fsp3) is 0.0909. The Kier molecular flexibility index (Phi) is 4.48. The van der Waals surface area contributed by atoms with Crippen molar-refractivity contribution in [2.24, 2.45) is 0 Å². The number of hydrogen-bond acceptors (Lipinski definition) is 4. The zero-order valence-corrected chi connectivity index (χ0v) is 14.5. The Hall–Kier alpha value is -3.40. The zero-order chi connectivity index (χ0) is 17.8. The minimum Gasteiger partial charge on any atom is -0.497 e. The molecule has 4 rings (SSSR count). The van der Waals surface area contributed by atoms with Crippen LogP contribution in [-0.2, 0) is 6.54 Å². The fourth-order valence-electron chi connectivity index (χ4n) is 2.98. The SMILES string of the molecule is COc1ccc(-c2nnc(NCc3ccccc3)c3ccccc23)cc1. The molecule has 1 heterocycles. The van der Waals surface area contributed by atoms with Crippen LogP contribution >= 0.6 is 0 Å². The summed E-state index contributed by atoms with van der Waals surface area (Å²) >= 11 is 0. The van der Waals surface area contributed by atoms with Crippen molar-refractivity contribution < 1.29 is 4.74 Å². The van der Waals surface area contributed by atoms with Gasteiger partial charge in [0.05, 0.1) is 7.11 Å². The molecular weight excluding hydrogens is 322 g/mol. The minimum atomic E-state index is 0.710. The van der Waals surface area contributed by atoms with Gasteiger partial charge in [0.2, 0.25) is 0 Å². The monoisotopic (exact) mass is 341 g/mol. The maximum absolute atomic E-state index is 5.24. The Balaban J connectivity index is 1.70. The molecule has 0 saturated heterocycles. The smallest absolute Gasteiger partial charge is 0.156 e. The van der Waals surface area contributed by atoms with E-state index in [9.17, 15) is 0 Å². The van der Waals surface area contributed by atoms with Gasteiger partial charge in [0, 0.05) is 22.9 Å². The molecule has 0 aliphatic carbocycles. The first-order valence-electron chi connectivity index (χ1n) is 8.53. The fourth-order valence-corrected chi connectivity index (χ4v) is 2.98. The van der Waals surface area contributed by atoms with E-state index in [1.165, 1.54) is 5.56 Å². The van der Waals surface area contributed by atoms with Gasteiger partial charge in [0.15, 0.2) is 5.82 Å². The number of aromatic nitrogens is 2. The van der Waals surface area contributed by atoms with Crippen LogP contribution in [0.5, 0.6) is 5.75 Å². The van der Waals surface area contributed by atoms with Crippen LogP contribution in [0.1, 0.15) is 5.56 Å². The van der Waals surface area contributed by atoms with E-state index >= 15 is 0 Å². The molecule has 128 valence electrons. The summed E-state index contributed by atoms with van der Waals surface area (Å²) in [6, 6.07) is 26.4. The van der Waals surface area contributed by atoms with Gasteiger partial charge in [-0.1, -0.05) is 54.6 Å². The summed E-state index contributed by atoms with van der Waals surface area (Å²) < 4.78 is 5.24. The molecular formula is C22H19N3O. The van der Waals surface area contributed by atoms with Gasteiger partial charge < -0.3 is 10.1 Å². The minimum absolute atomic E-state index is 0.710. The molecule has 1 N–H and O–H groups in total. The van der Waals surface area contributed by atoms with E-state index in [0.717, 1.165) is 33.6 Å². The van der Waals surface area contributed by atoms with Gasteiger partial charge >= 0.3 is 0 Å². The zero-order valence-electron chi connectivity index (χ0n) is 14.5. The second-order valence-electron chi connectivity index (χ2n) is 6.01. The maximum atomic E-state index is 5.24. The molecule has 4 nitrogen and oxygen atoms in total. The number of methoxy groups -OCH3 is 1. The molecule has 0 radical (unpaired) electrons. The van der Waals surface area contributed by atoms with Crippen molar-refractivity contribution in [1.29, 1.82) is 0 Å². The highest BCUT2D eigenvalue weighted by molar-refractivity contribution is 6.00. The summed E-state index contributed by atoms with van der Waals surface area (Å²) in [6.07, 6.45) is 0. The summed E-state index contributed by atoms with van der Waals surface area (Å²) in [5, 5.41) is 14.5. The predicted octanol–water partition coefficient (Wildman–Crippen LogP) is 4.92. The number of ether oxygens (including phenoxy) is 1. The number of benzene rings is 3. The van der Waals surface area contributed by atoms with Gasteiger partial charge in [-0.2, -0.15) is 0 Å². The number of anilines is 1. The van der Waals surface area contributed by atoms with E-state index in [4.69, 9.17) is 4.74 Å². The molecule has 4 aromatic rings. The van der Waals surface area contributed by atoms with E-state index in [-0.39, 0.29) is 0 Å². The lowest BCUT2D eigenvalue weighted by molar-refractivity contribution is 0.415. The first-order chi connectivity index (χ1) is 12.8. The Labute approximate surface area is 152 Å². The highest BCUT2D eigenvalue weighted by Crippen LogP contribution is 2.30. The van der Waals surface area contributed by atoms with Gasteiger partial charge in [-0.15, -0.1) is 10.2 Å². The van der Waals surface area contributed by atoms with Crippen LogP contribution in [0.15, 0.2) is 78.9 Å². The van der Waals surface area contributed by atoms with Crippen molar-refractivity contribution in [3.63, 3.8) is 0 Å². The molecule has 0 saturated carbocycles. The number of rotatable bonds is 5. The third kappa shape index (κ3) is 3.22. The number of nitrogens with zero attached hydrogens (tertiary/aromatic N) is 2. The average Bonchev–Trinajstić information content (AvgIpc) is 2.73. The van der Waals surface area contributed by atoms with E-state index in [0.29, 0.717) is 6.54 Å². The molecule has 1 aromatic heterocycles. The molecule has 0 unspecified atom stereocenters. The van der Waals surface area contributed by atoms with E-state index in [1.54, 1.807) is 7.11 Å². The molecule has 26 heavy (non-hydrogen) atoms. The van der Waals surface area contributed by atoms with Crippen molar-refractivity contribution >= 4 is 16.6 Å². The molecule has 0 spiro atoms. The van der Waals surface area contributed by atoms with Gasteiger partial charge in [-0.3, -0.25) is 0 Å². The van der Waals surface area contributed by atoms with E-state index in [1.807, 2.05) is 54.6 Å². The summed E-state index contributed by atoms with van der Waals surface area (Å²) in [6.45, 7) is 0.710. The lowest BCUT2D eigenvalue weighted by atomic mass is 10.0. The molecule has 0 bridgehead atoms.